The summed E-state index contributed by atoms with van der Waals surface area (Å²) in [5, 5.41) is 37.6. The molecule has 0 spiro atoms. The Labute approximate surface area is 100 Å². The number of hydrogen-bond donors (Lipinski definition) is 4. The lowest BCUT2D eigenvalue weighted by atomic mass is 9.99. The molecule has 17 heavy (non-hydrogen) atoms. The molecule has 1 aliphatic rings. The van der Waals surface area contributed by atoms with Crippen molar-refractivity contribution >= 4 is 0 Å². The molecule has 1 saturated heterocycles. The molecule has 0 amide bonds. The molecule has 0 aromatic carbocycles. The molecule has 0 aliphatic carbocycles. The molecule has 0 saturated carbocycles. The summed E-state index contributed by atoms with van der Waals surface area (Å²) in [5.41, 5.74) is 0.926. The molecule has 0 bridgehead atoms. The van der Waals surface area contributed by atoms with Crippen molar-refractivity contribution in [2.45, 2.75) is 44.1 Å². The van der Waals surface area contributed by atoms with E-state index in [-0.39, 0.29) is 6.61 Å². The van der Waals surface area contributed by atoms with Crippen molar-refractivity contribution in [2.75, 3.05) is 13.2 Å². The first-order valence-electron chi connectivity index (χ1n) is 5.54. The van der Waals surface area contributed by atoms with Gasteiger partial charge in [-0.1, -0.05) is 5.57 Å². The second-order valence-corrected chi connectivity index (χ2v) is 4.28. The van der Waals surface area contributed by atoms with Crippen LogP contribution in [0.25, 0.3) is 0 Å². The normalized spacial score (nSPS) is 38.1. The van der Waals surface area contributed by atoms with Crippen LogP contribution in [0.4, 0.5) is 0 Å². The second kappa shape index (κ2) is 6.44. The fourth-order valence-electron chi connectivity index (χ4n) is 1.55. The van der Waals surface area contributed by atoms with Crippen LogP contribution >= 0.6 is 0 Å². The van der Waals surface area contributed by atoms with Gasteiger partial charge in [-0.3, -0.25) is 0 Å². The van der Waals surface area contributed by atoms with Crippen LogP contribution in [0.5, 0.6) is 0 Å². The van der Waals surface area contributed by atoms with Gasteiger partial charge in [0.2, 0.25) is 0 Å². The molecule has 1 fully saturated rings. The first kappa shape index (κ1) is 14.6. The summed E-state index contributed by atoms with van der Waals surface area (Å²) < 4.78 is 10.4. The third-order valence-corrected chi connectivity index (χ3v) is 2.66. The van der Waals surface area contributed by atoms with Crippen molar-refractivity contribution in [2.24, 2.45) is 0 Å². The van der Waals surface area contributed by atoms with Crippen LogP contribution in [0.2, 0.25) is 0 Å². The summed E-state index contributed by atoms with van der Waals surface area (Å²) in [7, 11) is 0. The van der Waals surface area contributed by atoms with Crippen LogP contribution in [0.15, 0.2) is 12.2 Å². The Balaban J connectivity index is 2.50. The number of aliphatic hydroxyl groups excluding tert-OH is 4. The minimum Gasteiger partial charge on any atom is -0.394 e. The molecular formula is C11H20O6. The summed E-state index contributed by atoms with van der Waals surface area (Å²) in [5.74, 6) is 0. The topological polar surface area (TPSA) is 99.4 Å². The number of hydrogen-bond acceptors (Lipinski definition) is 6. The number of ether oxygens (including phenoxy) is 2. The van der Waals surface area contributed by atoms with E-state index in [0.717, 1.165) is 5.57 Å². The first-order valence-corrected chi connectivity index (χ1v) is 5.54. The SMILES string of the molecule is C=C(C)CCO[C@@H]1O[C@H](CO)[C@@H](O)[C@H](O)[C@H]1O. The van der Waals surface area contributed by atoms with E-state index in [9.17, 15) is 15.3 Å². The highest BCUT2D eigenvalue weighted by Crippen LogP contribution is 2.22. The van der Waals surface area contributed by atoms with Crippen LogP contribution in [0, 0.1) is 0 Å². The molecule has 0 radical (unpaired) electrons. The highest BCUT2D eigenvalue weighted by Gasteiger charge is 2.43. The smallest absolute Gasteiger partial charge is 0.186 e. The molecule has 5 atom stereocenters. The van der Waals surface area contributed by atoms with E-state index in [1.54, 1.807) is 0 Å². The van der Waals surface area contributed by atoms with Gasteiger partial charge in [0.1, 0.15) is 24.4 Å². The standard InChI is InChI=1S/C11H20O6/c1-6(2)3-4-16-11-10(15)9(14)8(13)7(5-12)17-11/h7-15H,1,3-5H2,2H3/t7-,8-,9+,10-,11-/m1/s1. The molecule has 0 aromatic heterocycles. The van der Waals surface area contributed by atoms with Crippen molar-refractivity contribution in [3.8, 4) is 0 Å². The average molecular weight is 248 g/mol. The van der Waals surface area contributed by atoms with Crippen molar-refractivity contribution in [3.05, 3.63) is 12.2 Å². The Morgan fingerprint density at radius 2 is 1.88 bits per heavy atom. The largest absolute Gasteiger partial charge is 0.394 e. The molecule has 0 aromatic rings. The summed E-state index contributed by atoms with van der Waals surface area (Å²) in [6, 6.07) is 0. The van der Waals surface area contributed by atoms with Gasteiger partial charge in [-0.25, -0.2) is 0 Å². The van der Waals surface area contributed by atoms with E-state index in [1.165, 1.54) is 0 Å². The zero-order chi connectivity index (χ0) is 13.0. The van der Waals surface area contributed by atoms with Gasteiger partial charge < -0.3 is 29.9 Å². The molecule has 1 heterocycles. The highest BCUT2D eigenvalue weighted by atomic mass is 16.7. The minimum atomic E-state index is -1.39. The van der Waals surface area contributed by atoms with Crippen LogP contribution in [-0.4, -0.2) is 64.3 Å². The van der Waals surface area contributed by atoms with E-state index < -0.39 is 37.3 Å². The van der Waals surface area contributed by atoms with Crippen LogP contribution in [0.1, 0.15) is 13.3 Å². The monoisotopic (exact) mass is 248 g/mol. The Kier molecular flexibility index (Phi) is 5.51. The fraction of sp³-hybridized carbons (Fsp3) is 0.818. The molecular weight excluding hydrogens is 228 g/mol. The molecule has 0 unspecified atom stereocenters. The van der Waals surface area contributed by atoms with E-state index >= 15 is 0 Å². The third-order valence-electron chi connectivity index (χ3n) is 2.66. The van der Waals surface area contributed by atoms with Crippen molar-refractivity contribution in [1.82, 2.24) is 0 Å². The first-order chi connectivity index (χ1) is 7.97. The third kappa shape index (κ3) is 3.74. The van der Waals surface area contributed by atoms with E-state index in [1.807, 2.05) is 6.92 Å². The van der Waals surface area contributed by atoms with E-state index in [4.69, 9.17) is 14.6 Å². The predicted octanol–water partition coefficient (Wildman–Crippen LogP) is -1.23. The second-order valence-electron chi connectivity index (χ2n) is 4.28. The Bertz CT molecular complexity index is 254. The van der Waals surface area contributed by atoms with Crippen LogP contribution in [0.3, 0.4) is 0 Å². The molecule has 100 valence electrons. The lowest BCUT2D eigenvalue weighted by Gasteiger charge is -2.39. The van der Waals surface area contributed by atoms with Gasteiger partial charge in [-0.15, -0.1) is 6.58 Å². The highest BCUT2D eigenvalue weighted by molar-refractivity contribution is 4.90. The fourth-order valence-corrected chi connectivity index (χ4v) is 1.55. The van der Waals surface area contributed by atoms with Gasteiger partial charge in [-0.05, 0) is 13.3 Å². The van der Waals surface area contributed by atoms with Crippen molar-refractivity contribution in [3.63, 3.8) is 0 Å². The molecule has 1 rings (SSSR count). The predicted molar refractivity (Wildman–Crippen MR) is 59.2 cm³/mol. The van der Waals surface area contributed by atoms with Gasteiger partial charge in [0.15, 0.2) is 6.29 Å². The van der Waals surface area contributed by atoms with Crippen molar-refractivity contribution in [1.29, 1.82) is 0 Å². The quantitative estimate of drug-likeness (QED) is 0.455. The number of aliphatic hydroxyl groups is 4. The minimum absolute atomic E-state index is 0.290. The van der Waals surface area contributed by atoms with E-state index in [2.05, 4.69) is 6.58 Å². The number of rotatable bonds is 5. The van der Waals surface area contributed by atoms with Gasteiger partial charge in [0.05, 0.1) is 13.2 Å². The zero-order valence-corrected chi connectivity index (χ0v) is 9.82. The Morgan fingerprint density at radius 3 is 2.41 bits per heavy atom. The van der Waals surface area contributed by atoms with Gasteiger partial charge in [-0.2, -0.15) is 0 Å². The lowest BCUT2D eigenvalue weighted by molar-refractivity contribution is -0.300. The van der Waals surface area contributed by atoms with Crippen molar-refractivity contribution < 1.29 is 29.9 Å². The maximum atomic E-state index is 9.62. The maximum Gasteiger partial charge on any atom is 0.186 e. The molecule has 6 nitrogen and oxygen atoms in total. The van der Waals surface area contributed by atoms with Gasteiger partial charge >= 0.3 is 0 Å². The van der Waals surface area contributed by atoms with Gasteiger partial charge in [0.25, 0.3) is 0 Å². The Hall–Kier alpha value is -0.500. The van der Waals surface area contributed by atoms with Crippen LogP contribution in [-0.2, 0) is 9.47 Å². The zero-order valence-electron chi connectivity index (χ0n) is 9.82. The molecule has 1 aliphatic heterocycles. The Morgan fingerprint density at radius 1 is 1.24 bits per heavy atom. The lowest BCUT2D eigenvalue weighted by Crippen LogP contribution is -2.59. The summed E-state index contributed by atoms with van der Waals surface area (Å²) in [6.45, 7) is 5.38. The summed E-state index contributed by atoms with van der Waals surface area (Å²) in [6.07, 6.45) is -5.45. The molecule has 4 N–H and O–H groups in total. The summed E-state index contributed by atoms with van der Waals surface area (Å²) >= 11 is 0. The van der Waals surface area contributed by atoms with Gasteiger partial charge in [0, 0.05) is 0 Å². The summed E-state index contributed by atoms with van der Waals surface area (Å²) in [4.78, 5) is 0. The maximum absolute atomic E-state index is 9.62. The van der Waals surface area contributed by atoms with E-state index in [0.29, 0.717) is 6.42 Å². The average Bonchev–Trinajstić information content (AvgIpc) is 2.29. The van der Waals surface area contributed by atoms with Crippen LogP contribution < -0.4 is 0 Å². The molecule has 6 heteroatoms.